The Kier molecular flexibility index (Phi) is 5.41. The van der Waals surface area contributed by atoms with Gasteiger partial charge in [-0.3, -0.25) is 0 Å². The molecule has 1 heterocycles. The molecule has 2 N–H and O–H groups in total. The minimum atomic E-state index is 0.333. The van der Waals surface area contributed by atoms with E-state index in [0.29, 0.717) is 5.41 Å². The van der Waals surface area contributed by atoms with Crippen LogP contribution in [0.2, 0.25) is 0 Å². The van der Waals surface area contributed by atoms with Crippen LogP contribution < -0.4 is 10.6 Å². The van der Waals surface area contributed by atoms with E-state index in [-0.39, 0.29) is 0 Å². The topological polar surface area (TPSA) is 24.1 Å². The van der Waals surface area contributed by atoms with Crippen molar-refractivity contribution in [2.24, 2.45) is 5.92 Å². The van der Waals surface area contributed by atoms with E-state index in [1.165, 1.54) is 24.8 Å². The van der Waals surface area contributed by atoms with Crippen LogP contribution in [0.15, 0.2) is 30.3 Å². The molecule has 0 amide bonds. The number of nitrogens with one attached hydrogen (secondary N) is 2. The highest BCUT2D eigenvalue weighted by molar-refractivity contribution is 5.27. The molecule has 1 aliphatic rings. The summed E-state index contributed by atoms with van der Waals surface area (Å²) in [5.74, 6) is 0.773. The molecule has 1 unspecified atom stereocenters. The molecule has 0 radical (unpaired) electrons. The first kappa shape index (κ1) is 14.5. The monoisotopic (exact) mass is 260 g/mol. The Bertz CT molecular complexity index is 355. The van der Waals surface area contributed by atoms with Crippen LogP contribution in [0.5, 0.6) is 0 Å². The first-order valence-corrected chi connectivity index (χ1v) is 7.74. The van der Waals surface area contributed by atoms with Crippen LogP contribution in [0.3, 0.4) is 0 Å². The van der Waals surface area contributed by atoms with E-state index in [1.807, 2.05) is 0 Å². The van der Waals surface area contributed by atoms with Crippen molar-refractivity contribution in [3.63, 3.8) is 0 Å². The molecule has 2 heteroatoms. The molecule has 1 aromatic carbocycles. The van der Waals surface area contributed by atoms with Gasteiger partial charge in [-0.05, 0) is 44.0 Å². The highest BCUT2D eigenvalue weighted by Gasteiger charge is 2.33. The molecule has 19 heavy (non-hydrogen) atoms. The normalized spacial score (nSPS) is 20.1. The van der Waals surface area contributed by atoms with Crippen molar-refractivity contribution in [3.8, 4) is 0 Å². The van der Waals surface area contributed by atoms with E-state index in [4.69, 9.17) is 0 Å². The zero-order valence-electron chi connectivity index (χ0n) is 12.4. The summed E-state index contributed by atoms with van der Waals surface area (Å²) in [6.45, 7) is 9.12. The Balaban J connectivity index is 2.03. The molecule has 0 aliphatic carbocycles. The zero-order valence-corrected chi connectivity index (χ0v) is 12.4. The minimum absolute atomic E-state index is 0.333. The Morgan fingerprint density at radius 3 is 2.53 bits per heavy atom. The smallest absolute Gasteiger partial charge is 0.0102 e. The van der Waals surface area contributed by atoms with Gasteiger partial charge in [-0.2, -0.15) is 0 Å². The van der Waals surface area contributed by atoms with Crippen LogP contribution in [0, 0.1) is 5.92 Å². The SMILES string of the molecule is CCC(C)CNCC1(c2ccccc2)CCNCC1. The van der Waals surface area contributed by atoms with E-state index in [9.17, 15) is 0 Å². The van der Waals surface area contributed by atoms with Crippen LogP contribution in [0.1, 0.15) is 38.7 Å². The average Bonchev–Trinajstić information content (AvgIpc) is 2.49. The van der Waals surface area contributed by atoms with Gasteiger partial charge in [-0.1, -0.05) is 50.6 Å². The van der Waals surface area contributed by atoms with E-state index in [0.717, 1.165) is 32.1 Å². The maximum absolute atomic E-state index is 3.72. The van der Waals surface area contributed by atoms with Crippen molar-refractivity contribution >= 4 is 0 Å². The van der Waals surface area contributed by atoms with E-state index in [1.54, 1.807) is 0 Å². The zero-order chi connectivity index (χ0) is 13.6. The van der Waals surface area contributed by atoms with E-state index < -0.39 is 0 Å². The van der Waals surface area contributed by atoms with Crippen LogP contribution in [0.4, 0.5) is 0 Å². The lowest BCUT2D eigenvalue weighted by Crippen LogP contribution is -2.47. The van der Waals surface area contributed by atoms with Crippen LogP contribution >= 0.6 is 0 Å². The predicted molar refractivity (Wildman–Crippen MR) is 82.5 cm³/mol. The number of piperidine rings is 1. The van der Waals surface area contributed by atoms with Gasteiger partial charge in [0, 0.05) is 12.0 Å². The van der Waals surface area contributed by atoms with Crippen LogP contribution in [-0.4, -0.2) is 26.2 Å². The fourth-order valence-corrected chi connectivity index (χ4v) is 2.97. The summed E-state index contributed by atoms with van der Waals surface area (Å²) in [6.07, 6.45) is 3.74. The molecule has 2 nitrogen and oxygen atoms in total. The third-order valence-corrected chi connectivity index (χ3v) is 4.60. The van der Waals surface area contributed by atoms with Gasteiger partial charge in [0.15, 0.2) is 0 Å². The Morgan fingerprint density at radius 2 is 1.89 bits per heavy atom. The Morgan fingerprint density at radius 1 is 1.21 bits per heavy atom. The summed E-state index contributed by atoms with van der Waals surface area (Å²) < 4.78 is 0. The van der Waals surface area contributed by atoms with Gasteiger partial charge in [0.1, 0.15) is 0 Å². The van der Waals surface area contributed by atoms with Crippen LogP contribution in [-0.2, 0) is 5.41 Å². The van der Waals surface area contributed by atoms with Gasteiger partial charge in [0.05, 0.1) is 0 Å². The second-order valence-corrected chi connectivity index (χ2v) is 6.04. The fourth-order valence-electron chi connectivity index (χ4n) is 2.97. The molecule has 1 fully saturated rings. The molecule has 106 valence electrons. The molecular weight excluding hydrogens is 232 g/mol. The van der Waals surface area contributed by atoms with Crippen molar-refractivity contribution in [1.82, 2.24) is 10.6 Å². The molecule has 0 spiro atoms. The van der Waals surface area contributed by atoms with Crippen molar-refractivity contribution in [1.29, 1.82) is 0 Å². The summed E-state index contributed by atoms with van der Waals surface area (Å²) in [6, 6.07) is 11.1. The van der Waals surface area contributed by atoms with Gasteiger partial charge in [0.25, 0.3) is 0 Å². The lowest BCUT2D eigenvalue weighted by atomic mass is 9.73. The first-order valence-electron chi connectivity index (χ1n) is 7.74. The fraction of sp³-hybridized carbons (Fsp3) is 0.647. The molecule has 1 aromatic rings. The third-order valence-electron chi connectivity index (χ3n) is 4.60. The number of benzene rings is 1. The van der Waals surface area contributed by atoms with Crippen molar-refractivity contribution in [2.75, 3.05) is 26.2 Å². The number of rotatable bonds is 6. The maximum Gasteiger partial charge on any atom is 0.0102 e. The second kappa shape index (κ2) is 7.06. The molecule has 0 aromatic heterocycles. The molecule has 0 bridgehead atoms. The number of hydrogen-bond acceptors (Lipinski definition) is 2. The summed E-state index contributed by atoms with van der Waals surface area (Å²) in [4.78, 5) is 0. The first-order chi connectivity index (χ1) is 9.27. The lowest BCUT2D eigenvalue weighted by Gasteiger charge is -2.39. The average molecular weight is 260 g/mol. The highest BCUT2D eigenvalue weighted by Crippen LogP contribution is 2.32. The van der Waals surface area contributed by atoms with Gasteiger partial charge < -0.3 is 10.6 Å². The van der Waals surface area contributed by atoms with Gasteiger partial charge in [-0.15, -0.1) is 0 Å². The van der Waals surface area contributed by atoms with Crippen LogP contribution in [0.25, 0.3) is 0 Å². The molecular formula is C17H28N2. The van der Waals surface area contributed by atoms with Gasteiger partial charge in [-0.25, -0.2) is 0 Å². The highest BCUT2D eigenvalue weighted by atomic mass is 14.9. The van der Waals surface area contributed by atoms with Crippen molar-refractivity contribution in [3.05, 3.63) is 35.9 Å². The Labute approximate surface area is 118 Å². The van der Waals surface area contributed by atoms with Gasteiger partial charge in [0.2, 0.25) is 0 Å². The summed E-state index contributed by atoms with van der Waals surface area (Å²) in [7, 11) is 0. The van der Waals surface area contributed by atoms with E-state index >= 15 is 0 Å². The summed E-state index contributed by atoms with van der Waals surface area (Å²) >= 11 is 0. The molecule has 2 rings (SSSR count). The Hall–Kier alpha value is -0.860. The van der Waals surface area contributed by atoms with Gasteiger partial charge >= 0.3 is 0 Å². The largest absolute Gasteiger partial charge is 0.317 e. The van der Waals surface area contributed by atoms with Crippen molar-refractivity contribution < 1.29 is 0 Å². The maximum atomic E-state index is 3.72. The molecule has 1 atom stereocenters. The number of hydrogen-bond donors (Lipinski definition) is 2. The third kappa shape index (κ3) is 3.80. The molecule has 0 saturated carbocycles. The standard InChI is InChI=1S/C17H28N2/c1-3-15(2)13-19-14-17(9-11-18-12-10-17)16-7-5-4-6-8-16/h4-8,15,18-19H,3,9-14H2,1-2H3. The summed E-state index contributed by atoms with van der Waals surface area (Å²) in [5, 5.41) is 7.21. The second-order valence-electron chi connectivity index (χ2n) is 6.04. The van der Waals surface area contributed by atoms with Crippen molar-refractivity contribution in [2.45, 2.75) is 38.5 Å². The summed E-state index contributed by atoms with van der Waals surface area (Å²) in [5.41, 5.74) is 1.84. The molecule has 1 saturated heterocycles. The quantitative estimate of drug-likeness (QED) is 0.822. The lowest BCUT2D eigenvalue weighted by molar-refractivity contribution is 0.287. The minimum Gasteiger partial charge on any atom is -0.317 e. The molecule has 1 aliphatic heterocycles. The van der Waals surface area contributed by atoms with E-state index in [2.05, 4.69) is 54.8 Å². The predicted octanol–water partition coefficient (Wildman–Crippen LogP) is 2.94.